The maximum absolute atomic E-state index is 12.2. The van der Waals surface area contributed by atoms with Crippen molar-refractivity contribution in [1.82, 2.24) is 15.5 Å². The van der Waals surface area contributed by atoms with Crippen molar-refractivity contribution in [3.8, 4) is 0 Å². The van der Waals surface area contributed by atoms with Crippen LogP contribution in [0.3, 0.4) is 0 Å². The Morgan fingerprint density at radius 2 is 2.10 bits per heavy atom. The zero-order valence-electron chi connectivity index (χ0n) is 11.7. The van der Waals surface area contributed by atoms with Gasteiger partial charge in [-0.2, -0.15) is 0 Å². The second-order valence-corrected chi connectivity index (χ2v) is 5.77. The molecule has 1 aromatic rings. The van der Waals surface area contributed by atoms with Gasteiger partial charge >= 0.3 is 0 Å². The first kappa shape index (κ1) is 14.9. The molecule has 1 heterocycles. The molecule has 5 nitrogen and oxygen atoms in total. The monoisotopic (exact) mass is 293 g/mol. The predicted molar refractivity (Wildman–Crippen MR) is 80.6 cm³/mol. The summed E-state index contributed by atoms with van der Waals surface area (Å²) in [5.74, 6) is 1.68. The van der Waals surface area contributed by atoms with E-state index < -0.39 is 0 Å². The fourth-order valence-corrected chi connectivity index (χ4v) is 3.01. The fraction of sp³-hybridized carbons (Fsp3) is 0.429. The van der Waals surface area contributed by atoms with Crippen LogP contribution >= 0.6 is 11.8 Å². The number of rotatable bonds is 4. The van der Waals surface area contributed by atoms with Crippen LogP contribution in [-0.2, 0) is 11.3 Å². The second-order valence-electron chi connectivity index (χ2n) is 4.74. The van der Waals surface area contributed by atoms with Gasteiger partial charge in [-0.15, -0.1) is 11.8 Å². The summed E-state index contributed by atoms with van der Waals surface area (Å²) in [6.45, 7) is 0.551. The number of hydrogen-bond donors (Lipinski definition) is 2. The first-order valence-corrected chi connectivity index (χ1v) is 7.64. The molecule has 0 aliphatic carbocycles. The maximum atomic E-state index is 12.2. The first-order chi connectivity index (χ1) is 9.61. The van der Waals surface area contributed by atoms with E-state index >= 15 is 0 Å². The van der Waals surface area contributed by atoms with E-state index in [1.807, 2.05) is 12.1 Å². The summed E-state index contributed by atoms with van der Waals surface area (Å²) in [4.78, 5) is 25.3. The van der Waals surface area contributed by atoms with Crippen LogP contribution in [0.5, 0.6) is 0 Å². The van der Waals surface area contributed by atoms with Crippen LogP contribution in [0.1, 0.15) is 15.9 Å². The average Bonchev–Trinajstić information content (AvgIpc) is 3.00. The lowest BCUT2D eigenvalue weighted by Crippen LogP contribution is -2.42. The third-order valence-electron chi connectivity index (χ3n) is 3.25. The molecule has 2 rings (SSSR count). The number of hydrogen-bond acceptors (Lipinski definition) is 4. The van der Waals surface area contributed by atoms with Gasteiger partial charge in [0.25, 0.3) is 5.91 Å². The molecule has 2 N–H and O–H groups in total. The molecule has 0 radical (unpaired) electrons. The quantitative estimate of drug-likeness (QED) is 0.856. The number of likely N-dealkylation sites (N-methyl/N-ethyl adjacent to an activating group) is 1. The molecule has 1 saturated heterocycles. The summed E-state index contributed by atoms with van der Waals surface area (Å²) >= 11 is 1.74. The SMILES string of the molecule is CNC(=O)c1ccc(CN(C)C(=O)C2CSCN2)cc1. The molecular formula is C14H19N3O2S. The van der Waals surface area contributed by atoms with Gasteiger partial charge in [-0.05, 0) is 17.7 Å². The number of carbonyl (C=O) groups is 2. The molecule has 1 aliphatic rings. The van der Waals surface area contributed by atoms with Crippen LogP contribution in [0.15, 0.2) is 24.3 Å². The highest BCUT2D eigenvalue weighted by Crippen LogP contribution is 2.13. The molecule has 108 valence electrons. The van der Waals surface area contributed by atoms with Gasteiger partial charge in [-0.1, -0.05) is 12.1 Å². The second kappa shape index (κ2) is 6.76. The van der Waals surface area contributed by atoms with Gasteiger partial charge in [0, 0.05) is 37.8 Å². The average molecular weight is 293 g/mol. The summed E-state index contributed by atoms with van der Waals surface area (Å²) in [5, 5.41) is 5.76. The van der Waals surface area contributed by atoms with E-state index in [0.717, 1.165) is 17.2 Å². The van der Waals surface area contributed by atoms with Gasteiger partial charge in [-0.25, -0.2) is 0 Å². The van der Waals surface area contributed by atoms with Crippen molar-refractivity contribution >= 4 is 23.6 Å². The highest BCUT2D eigenvalue weighted by atomic mass is 32.2. The van der Waals surface area contributed by atoms with Gasteiger partial charge in [0.1, 0.15) is 0 Å². The standard InChI is InChI=1S/C14H19N3O2S/c1-15-13(18)11-5-3-10(4-6-11)7-17(2)14(19)12-8-20-9-16-12/h3-6,12,16H,7-9H2,1-2H3,(H,15,18). The Morgan fingerprint density at radius 3 is 2.65 bits per heavy atom. The minimum Gasteiger partial charge on any atom is -0.355 e. The molecule has 0 bridgehead atoms. The lowest BCUT2D eigenvalue weighted by molar-refractivity contribution is -0.131. The van der Waals surface area contributed by atoms with E-state index in [4.69, 9.17) is 0 Å². The normalized spacial score (nSPS) is 17.8. The summed E-state index contributed by atoms with van der Waals surface area (Å²) in [6, 6.07) is 7.23. The highest BCUT2D eigenvalue weighted by molar-refractivity contribution is 7.99. The zero-order valence-corrected chi connectivity index (χ0v) is 12.5. The zero-order chi connectivity index (χ0) is 14.5. The number of nitrogens with zero attached hydrogens (tertiary/aromatic N) is 1. The van der Waals surface area contributed by atoms with E-state index in [2.05, 4.69) is 10.6 Å². The molecule has 20 heavy (non-hydrogen) atoms. The lowest BCUT2D eigenvalue weighted by atomic mass is 10.1. The van der Waals surface area contributed by atoms with Gasteiger partial charge in [0.15, 0.2) is 0 Å². The van der Waals surface area contributed by atoms with E-state index in [1.165, 1.54) is 0 Å². The van der Waals surface area contributed by atoms with Crippen molar-refractivity contribution in [2.45, 2.75) is 12.6 Å². The third-order valence-corrected chi connectivity index (χ3v) is 4.19. The Kier molecular flexibility index (Phi) is 5.03. The molecule has 0 saturated carbocycles. The summed E-state index contributed by atoms with van der Waals surface area (Å²) in [7, 11) is 3.41. The summed E-state index contributed by atoms with van der Waals surface area (Å²) in [5.41, 5.74) is 1.64. The van der Waals surface area contributed by atoms with Crippen LogP contribution in [0.4, 0.5) is 0 Å². The van der Waals surface area contributed by atoms with Crippen LogP contribution in [0, 0.1) is 0 Å². The summed E-state index contributed by atoms with van der Waals surface area (Å²) < 4.78 is 0. The van der Waals surface area contributed by atoms with Crippen LogP contribution in [0.25, 0.3) is 0 Å². The Balaban J connectivity index is 1.95. The van der Waals surface area contributed by atoms with Crippen molar-refractivity contribution in [2.24, 2.45) is 0 Å². The topological polar surface area (TPSA) is 61.4 Å². The third kappa shape index (κ3) is 3.52. The largest absolute Gasteiger partial charge is 0.355 e. The van der Waals surface area contributed by atoms with Crippen molar-refractivity contribution in [2.75, 3.05) is 25.7 Å². The van der Waals surface area contributed by atoms with Crippen molar-refractivity contribution in [1.29, 1.82) is 0 Å². The minimum absolute atomic E-state index is 0.0739. The number of benzene rings is 1. The molecule has 0 spiro atoms. The molecule has 1 atom stereocenters. The molecule has 6 heteroatoms. The highest BCUT2D eigenvalue weighted by Gasteiger charge is 2.25. The predicted octanol–water partition coefficient (Wildman–Crippen LogP) is 0.667. The molecule has 1 fully saturated rings. The Labute approximate surface area is 123 Å². The molecule has 1 aliphatic heterocycles. The smallest absolute Gasteiger partial charge is 0.251 e. The number of carbonyl (C=O) groups excluding carboxylic acids is 2. The Bertz CT molecular complexity index is 484. The van der Waals surface area contributed by atoms with Crippen LogP contribution in [0.2, 0.25) is 0 Å². The van der Waals surface area contributed by atoms with Crippen LogP contribution < -0.4 is 10.6 Å². The number of nitrogens with one attached hydrogen (secondary N) is 2. The van der Waals surface area contributed by atoms with Crippen molar-refractivity contribution in [3.05, 3.63) is 35.4 Å². The van der Waals surface area contributed by atoms with Gasteiger partial charge in [0.2, 0.25) is 5.91 Å². The maximum Gasteiger partial charge on any atom is 0.251 e. The first-order valence-electron chi connectivity index (χ1n) is 6.49. The Morgan fingerprint density at radius 1 is 1.40 bits per heavy atom. The number of thioether (sulfide) groups is 1. The van der Waals surface area contributed by atoms with Crippen molar-refractivity contribution in [3.63, 3.8) is 0 Å². The van der Waals surface area contributed by atoms with Crippen LogP contribution in [-0.4, -0.2) is 48.5 Å². The molecular weight excluding hydrogens is 274 g/mol. The lowest BCUT2D eigenvalue weighted by Gasteiger charge is -2.21. The number of amides is 2. The molecule has 1 aromatic carbocycles. The Hall–Kier alpha value is -1.53. The molecule has 1 unspecified atom stereocenters. The van der Waals surface area contributed by atoms with Gasteiger partial charge in [-0.3, -0.25) is 14.9 Å². The van der Waals surface area contributed by atoms with Gasteiger partial charge in [0.05, 0.1) is 6.04 Å². The van der Waals surface area contributed by atoms with E-state index in [-0.39, 0.29) is 17.9 Å². The molecule has 2 amide bonds. The van der Waals surface area contributed by atoms with E-state index in [1.54, 1.807) is 42.9 Å². The van der Waals surface area contributed by atoms with E-state index in [9.17, 15) is 9.59 Å². The minimum atomic E-state index is -0.104. The summed E-state index contributed by atoms with van der Waals surface area (Å²) in [6.07, 6.45) is 0. The van der Waals surface area contributed by atoms with E-state index in [0.29, 0.717) is 12.1 Å². The fourth-order valence-electron chi connectivity index (χ4n) is 2.08. The van der Waals surface area contributed by atoms with Gasteiger partial charge < -0.3 is 10.2 Å². The molecule has 0 aromatic heterocycles. The van der Waals surface area contributed by atoms with Crippen molar-refractivity contribution < 1.29 is 9.59 Å².